The quantitative estimate of drug-likeness (QED) is 0.412. The van der Waals surface area contributed by atoms with Gasteiger partial charge in [-0.15, -0.1) is 0 Å². The number of nitrogen functional groups attached to an aromatic ring is 1. The summed E-state index contributed by atoms with van der Waals surface area (Å²) in [5.74, 6) is -1.08. The van der Waals surface area contributed by atoms with Gasteiger partial charge >= 0.3 is 11.7 Å². The van der Waals surface area contributed by atoms with Crippen LogP contribution in [0.5, 0.6) is 5.75 Å². The first kappa shape index (κ1) is 26.3. The Kier molecular flexibility index (Phi) is 8.66. The zero-order valence-corrected chi connectivity index (χ0v) is 20.5. The number of carbonyl (C=O) groups is 2. The van der Waals surface area contributed by atoms with E-state index < -0.39 is 29.7 Å². The van der Waals surface area contributed by atoms with Crippen molar-refractivity contribution in [2.24, 2.45) is 5.92 Å². The molecular weight excluding hydrogens is 464 g/mol. The predicted octanol–water partition coefficient (Wildman–Crippen LogP) is 2.09. The molecule has 0 aliphatic heterocycles. The highest BCUT2D eigenvalue weighted by molar-refractivity contribution is 5.97. The van der Waals surface area contributed by atoms with E-state index in [9.17, 15) is 19.2 Å². The largest absolute Gasteiger partial charge is 0.482 e. The minimum Gasteiger partial charge on any atom is -0.482 e. The third-order valence-electron chi connectivity index (χ3n) is 5.31. The third-order valence-corrected chi connectivity index (χ3v) is 5.31. The second kappa shape index (κ2) is 11.9. The predicted molar refractivity (Wildman–Crippen MR) is 136 cm³/mol. The van der Waals surface area contributed by atoms with Crippen molar-refractivity contribution in [2.45, 2.75) is 27.3 Å². The van der Waals surface area contributed by atoms with E-state index in [1.807, 2.05) is 63.2 Å². The van der Waals surface area contributed by atoms with Gasteiger partial charge in [0.05, 0.1) is 6.54 Å². The lowest BCUT2D eigenvalue weighted by Gasteiger charge is -2.26. The highest BCUT2D eigenvalue weighted by Gasteiger charge is 2.26. The number of carbonyl (C=O) groups excluding carboxylic acids is 2. The van der Waals surface area contributed by atoms with Crippen molar-refractivity contribution in [2.75, 3.05) is 30.4 Å². The van der Waals surface area contributed by atoms with Crippen molar-refractivity contribution in [3.05, 3.63) is 86.6 Å². The number of rotatable bonds is 10. The SMILES string of the molecule is Cc1ccccc1OCC(=O)OCC(=O)N(CC(C)C)c1c(N)n(Cc2ccccc2)c(=O)[nH]c1=O. The van der Waals surface area contributed by atoms with Gasteiger partial charge in [0.15, 0.2) is 18.9 Å². The van der Waals surface area contributed by atoms with Crippen LogP contribution in [0.25, 0.3) is 0 Å². The topological polar surface area (TPSA) is 137 Å². The number of benzene rings is 2. The number of aromatic amines is 1. The second-order valence-electron chi connectivity index (χ2n) is 8.68. The van der Waals surface area contributed by atoms with Gasteiger partial charge < -0.3 is 20.1 Å². The molecule has 2 aromatic carbocycles. The van der Waals surface area contributed by atoms with Crippen molar-refractivity contribution in [3.8, 4) is 5.75 Å². The lowest BCUT2D eigenvalue weighted by Crippen LogP contribution is -2.44. The molecule has 10 heteroatoms. The van der Waals surface area contributed by atoms with E-state index in [4.69, 9.17) is 15.2 Å². The van der Waals surface area contributed by atoms with Crippen molar-refractivity contribution >= 4 is 23.4 Å². The standard InChI is InChI=1S/C26H30N4O6/c1-17(2)13-29(21(31)15-36-22(32)16-35-20-12-8-7-9-18(20)3)23-24(27)30(26(34)28-25(23)33)14-19-10-5-4-6-11-19/h4-12,17H,13-16,27H2,1-3H3,(H,28,33,34). The normalized spacial score (nSPS) is 10.8. The Morgan fingerprint density at radius 1 is 1.03 bits per heavy atom. The molecule has 10 nitrogen and oxygen atoms in total. The zero-order valence-electron chi connectivity index (χ0n) is 20.5. The van der Waals surface area contributed by atoms with Crippen LogP contribution in [-0.2, 0) is 20.9 Å². The van der Waals surface area contributed by atoms with Crippen LogP contribution in [0, 0.1) is 12.8 Å². The van der Waals surface area contributed by atoms with Crippen LogP contribution in [0.15, 0.2) is 64.2 Å². The molecule has 0 saturated heterocycles. The van der Waals surface area contributed by atoms with Crippen LogP contribution in [0.1, 0.15) is 25.0 Å². The molecular formula is C26H30N4O6. The molecule has 36 heavy (non-hydrogen) atoms. The molecule has 0 spiro atoms. The second-order valence-corrected chi connectivity index (χ2v) is 8.68. The number of hydrogen-bond acceptors (Lipinski definition) is 7. The number of para-hydroxylation sites is 1. The Balaban J connectivity index is 1.79. The molecule has 0 atom stereocenters. The van der Waals surface area contributed by atoms with Crippen molar-refractivity contribution < 1.29 is 19.1 Å². The number of nitrogens with two attached hydrogens (primary N) is 1. The molecule has 1 heterocycles. The Morgan fingerprint density at radius 3 is 2.36 bits per heavy atom. The number of aryl methyl sites for hydroxylation is 1. The van der Waals surface area contributed by atoms with Gasteiger partial charge in [-0.3, -0.25) is 19.1 Å². The number of ether oxygens (including phenoxy) is 2. The lowest BCUT2D eigenvalue weighted by atomic mass is 10.2. The molecule has 3 N–H and O–H groups in total. The van der Waals surface area contributed by atoms with Crippen LogP contribution in [-0.4, -0.2) is 41.2 Å². The van der Waals surface area contributed by atoms with E-state index in [1.54, 1.807) is 12.1 Å². The summed E-state index contributed by atoms with van der Waals surface area (Å²) in [6.07, 6.45) is 0. The number of amides is 1. The molecule has 3 rings (SSSR count). The van der Waals surface area contributed by atoms with Crippen LogP contribution >= 0.6 is 0 Å². The average Bonchev–Trinajstić information content (AvgIpc) is 2.84. The van der Waals surface area contributed by atoms with Gasteiger partial charge in [-0.2, -0.15) is 0 Å². The van der Waals surface area contributed by atoms with E-state index in [0.717, 1.165) is 16.0 Å². The number of hydrogen-bond donors (Lipinski definition) is 2. The van der Waals surface area contributed by atoms with Gasteiger partial charge in [-0.25, -0.2) is 9.59 Å². The summed E-state index contributed by atoms with van der Waals surface area (Å²) in [6, 6.07) is 16.3. The third kappa shape index (κ3) is 6.62. The maximum Gasteiger partial charge on any atom is 0.344 e. The maximum atomic E-state index is 13.1. The average molecular weight is 495 g/mol. The molecule has 3 aromatic rings. The summed E-state index contributed by atoms with van der Waals surface area (Å²) in [7, 11) is 0. The fourth-order valence-electron chi connectivity index (χ4n) is 3.56. The summed E-state index contributed by atoms with van der Waals surface area (Å²) in [5.41, 5.74) is 6.22. The van der Waals surface area contributed by atoms with Crippen LogP contribution < -0.4 is 26.6 Å². The van der Waals surface area contributed by atoms with Crippen molar-refractivity contribution in [1.29, 1.82) is 0 Å². The summed E-state index contributed by atoms with van der Waals surface area (Å²) >= 11 is 0. The number of anilines is 2. The van der Waals surface area contributed by atoms with Crippen LogP contribution in [0.2, 0.25) is 0 Å². The molecule has 0 bridgehead atoms. The Labute approximate surface area is 208 Å². The Bertz CT molecular complexity index is 1330. The van der Waals surface area contributed by atoms with E-state index in [-0.39, 0.29) is 37.1 Å². The number of H-pyrrole nitrogens is 1. The molecule has 0 unspecified atom stereocenters. The Morgan fingerprint density at radius 2 is 1.69 bits per heavy atom. The molecule has 1 aromatic heterocycles. The monoisotopic (exact) mass is 494 g/mol. The van der Waals surface area contributed by atoms with Gasteiger partial charge in [0.1, 0.15) is 11.6 Å². The van der Waals surface area contributed by atoms with Gasteiger partial charge in [0, 0.05) is 6.54 Å². The summed E-state index contributed by atoms with van der Waals surface area (Å²) in [4.78, 5) is 53.9. The molecule has 0 saturated carbocycles. The summed E-state index contributed by atoms with van der Waals surface area (Å²) in [5, 5.41) is 0. The molecule has 190 valence electrons. The Hall–Kier alpha value is -4.34. The van der Waals surface area contributed by atoms with Gasteiger partial charge in [0.2, 0.25) is 0 Å². The molecule has 0 aliphatic carbocycles. The molecule has 0 radical (unpaired) electrons. The van der Waals surface area contributed by atoms with Gasteiger partial charge in [-0.05, 0) is 30.0 Å². The van der Waals surface area contributed by atoms with E-state index in [2.05, 4.69) is 4.98 Å². The maximum absolute atomic E-state index is 13.1. The van der Waals surface area contributed by atoms with Crippen LogP contribution in [0.4, 0.5) is 11.5 Å². The van der Waals surface area contributed by atoms with E-state index in [0.29, 0.717) is 5.75 Å². The lowest BCUT2D eigenvalue weighted by molar-refractivity contribution is -0.149. The first-order valence-corrected chi connectivity index (χ1v) is 11.5. The highest BCUT2D eigenvalue weighted by Crippen LogP contribution is 2.20. The van der Waals surface area contributed by atoms with Crippen molar-refractivity contribution in [3.63, 3.8) is 0 Å². The highest BCUT2D eigenvalue weighted by atomic mass is 16.6. The minimum absolute atomic E-state index is 0.0534. The summed E-state index contributed by atoms with van der Waals surface area (Å²) in [6.45, 7) is 4.76. The smallest absolute Gasteiger partial charge is 0.344 e. The zero-order chi connectivity index (χ0) is 26.2. The fraction of sp³-hybridized carbons (Fsp3) is 0.308. The number of nitrogens with one attached hydrogen (secondary N) is 1. The summed E-state index contributed by atoms with van der Waals surface area (Å²) < 4.78 is 11.7. The number of aromatic nitrogens is 2. The molecule has 1 amide bonds. The van der Waals surface area contributed by atoms with E-state index in [1.165, 1.54) is 4.57 Å². The van der Waals surface area contributed by atoms with Crippen LogP contribution in [0.3, 0.4) is 0 Å². The fourth-order valence-corrected chi connectivity index (χ4v) is 3.56. The molecule has 0 fully saturated rings. The number of esters is 1. The minimum atomic E-state index is -0.801. The first-order chi connectivity index (χ1) is 17.2. The van der Waals surface area contributed by atoms with Crippen molar-refractivity contribution in [1.82, 2.24) is 9.55 Å². The molecule has 0 aliphatic rings. The number of nitrogens with zero attached hydrogens (tertiary/aromatic N) is 2. The van der Waals surface area contributed by atoms with Gasteiger partial charge in [-0.1, -0.05) is 62.4 Å². The van der Waals surface area contributed by atoms with Gasteiger partial charge in [0.25, 0.3) is 11.5 Å². The first-order valence-electron chi connectivity index (χ1n) is 11.5. The van der Waals surface area contributed by atoms with E-state index >= 15 is 0 Å².